The number of carboxylic acid groups (broad SMARTS) is 1. The number of carboxylic acids is 1. The topological polar surface area (TPSA) is 63.6 Å². The molecule has 0 atom stereocenters. The van der Waals surface area contributed by atoms with E-state index in [1.54, 1.807) is 20.8 Å². The van der Waals surface area contributed by atoms with E-state index >= 15 is 0 Å². The van der Waals surface area contributed by atoms with Gasteiger partial charge < -0.3 is 9.84 Å². The van der Waals surface area contributed by atoms with Gasteiger partial charge in [-0.05, 0) is 39.0 Å². The predicted octanol–water partition coefficient (Wildman–Crippen LogP) is 2.99. The smallest absolute Gasteiger partial charge is 0.338 e. The quantitative estimate of drug-likeness (QED) is 0.826. The van der Waals surface area contributed by atoms with E-state index in [1.807, 2.05) is 0 Å². The van der Waals surface area contributed by atoms with E-state index in [0.717, 1.165) is 0 Å². The van der Waals surface area contributed by atoms with Crippen molar-refractivity contribution in [3.05, 3.63) is 34.3 Å². The predicted molar refractivity (Wildman–Crippen MR) is 63.6 cm³/mol. The first-order valence-electron chi connectivity index (χ1n) is 4.97. The van der Waals surface area contributed by atoms with Crippen molar-refractivity contribution >= 4 is 23.5 Å². The summed E-state index contributed by atoms with van der Waals surface area (Å²) >= 11 is 5.75. The van der Waals surface area contributed by atoms with E-state index in [1.165, 1.54) is 18.2 Å². The van der Waals surface area contributed by atoms with Crippen LogP contribution in [0, 0.1) is 0 Å². The molecule has 0 heterocycles. The molecule has 0 spiro atoms. The van der Waals surface area contributed by atoms with Crippen molar-refractivity contribution in [3.63, 3.8) is 0 Å². The molecule has 0 unspecified atom stereocenters. The van der Waals surface area contributed by atoms with Crippen LogP contribution >= 0.6 is 11.6 Å². The Morgan fingerprint density at radius 2 is 1.88 bits per heavy atom. The highest BCUT2D eigenvalue weighted by atomic mass is 35.5. The number of ether oxygens (including phenoxy) is 1. The maximum absolute atomic E-state index is 11.7. The van der Waals surface area contributed by atoms with Crippen LogP contribution in [0.1, 0.15) is 41.5 Å². The summed E-state index contributed by atoms with van der Waals surface area (Å²) in [4.78, 5) is 22.4. The van der Waals surface area contributed by atoms with Crippen LogP contribution in [0.3, 0.4) is 0 Å². The molecule has 17 heavy (non-hydrogen) atoms. The normalized spacial score (nSPS) is 11.1. The van der Waals surface area contributed by atoms with Gasteiger partial charge in [0.25, 0.3) is 0 Å². The van der Waals surface area contributed by atoms with Crippen LogP contribution in [0.5, 0.6) is 0 Å². The number of hydrogen-bond acceptors (Lipinski definition) is 3. The lowest BCUT2D eigenvalue weighted by atomic mass is 10.1. The van der Waals surface area contributed by atoms with E-state index in [9.17, 15) is 9.59 Å². The lowest BCUT2D eigenvalue weighted by Gasteiger charge is -2.19. The highest BCUT2D eigenvalue weighted by Crippen LogP contribution is 2.20. The minimum atomic E-state index is -1.13. The van der Waals surface area contributed by atoms with Crippen LogP contribution in [0.2, 0.25) is 5.02 Å². The van der Waals surface area contributed by atoms with Gasteiger partial charge in [0.05, 0.1) is 16.1 Å². The molecule has 0 radical (unpaired) electrons. The van der Waals surface area contributed by atoms with Gasteiger partial charge in [-0.1, -0.05) is 11.6 Å². The van der Waals surface area contributed by atoms with Crippen molar-refractivity contribution < 1.29 is 19.4 Å². The first-order valence-corrected chi connectivity index (χ1v) is 5.35. The molecule has 0 aliphatic carbocycles. The van der Waals surface area contributed by atoms with Crippen molar-refractivity contribution in [1.82, 2.24) is 0 Å². The Hall–Kier alpha value is -1.55. The summed E-state index contributed by atoms with van der Waals surface area (Å²) in [6.07, 6.45) is 0. The van der Waals surface area contributed by atoms with E-state index in [2.05, 4.69) is 0 Å². The molecule has 1 N–H and O–H groups in total. The lowest BCUT2D eigenvalue weighted by Crippen LogP contribution is -2.23. The Morgan fingerprint density at radius 3 is 2.29 bits per heavy atom. The molecule has 1 rings (SSSR count). The van der Waals surface area contributed by atoms with Crippen LogP contribution < -0.4 is 0 Å². The second-order valence-corrected chi connectivity index (χ2v) is 4.91. The highest BCUT2D eigenvalue weighted by molar-refractivity contribution is 6.33. The third kappa shape index (κ3) is 3.75. The van der Waals surface area contributed by atoms with Gasteiger partial charge in [-0.25, -0.2) is 9.59 Å². The fourth-order valence-electron chi connectivity index (χ4n) is 1.15. The number of carbonyl (C=O) groups is 2. The molecule has 4 nitrogen and oxygen atoms in total. The van der Waals surface area contributed by atoms with Crippen LogP contribution in [0.15, 0.2) is 18.2 Å². The number of rotatable bonds is 2. The summed E-state index contributed by atoms with van der Waals surface area (Å²) in [5.41, 5.74) is -0.413. The molecule has 1 aromatic carbocycles. The standard InChI is InChI=1S/C12H13ClO4/c1-12(2,3)17-11(16)7-4-5-8(10(14)15)9(13)6-7/h4-6H,1-3H3,(H,14,15). The summed E-state index contributed by atoms with van der Waals surface area (Å²) in [6, 6.07) is 3.95. The Labute approximate surface area is 104 Å². The first kappa shape index (κ1) is 13.5. The fraction of sp³-hybridized carbons (Fsp3) is 0.333. The molecule has 0 fully saturated rings. The monoisotopic (exact) mass is 256 g/mol. The maximum Gasteiger partial charge on any atom is 0.338 e. The molecule has 0 aliphatic rings. The SMILES string of the molecule is CC(C)(C)OC(=O)c1ccc(C(=O)O)c(Cl)c1. The minimum Gasteiger partial charge on any atom is -0.478 e. The fourth-order valence-corrected chi connectivity index (χ4v) is 1.41. The van der Waals surface area contributed by atoms with Crippen molar-refractivity contribution in [3.8, 4) is 0 Å². The van der Waals surface area contributed by atoms with E-state index in [0.29, 0.717) is 0 Å². The Bertz CT molecular complexity index is 460. The Kier molecular flexibility index (Phi) is 3.78. The molecular weight excluding hydrogens is 244 g/mol. The number of carbonyl (C=O) groups excluding carboxylic acids is 1. The lowest BCUT2D eigenvalue weighted by molar-refractivity contribution is 0.00691. The van der Waals surface area contributed by atoms with Crippen LogP contribution in [0.4, 0.5) is 0 Å². The van der Waals surface area contributed by atoms with Gasteiger partial charge in [-0.3, -0.25) is 0 Å². The van der Waals surface area contributed by atoms with E-state index in [4.69, 9.17) is 21.4 Å². The van der Waals surface area contributed by atoms with Crippen molar-refractivity contribution in [1.29, 1.82) is 0 Å². The van der Waals surface area contributed by atoms with Gasteiger partial charge in [-0.15, -0.1) is 0 Å². The van der Waals surface area contributed by atoms with Crippen LogP contribution in [-0.4, -0.2) is 22.6 Å². The van der Waals surface area contributed by atoms with Gasteiger partial charge in [-0.2, -0.15) is 0 Å². The Balaban J connectivity index is 2.98. The molecule has 92 valence electrons. The van der Waals surface area contributed by atoms with Crippen molar-refractivity contribution in [2.75, 3.05) is 0 Å². The van der Waals surface area contributed by atoms with Gasteiger partial charge in [0.2, 0.25) is 0 Å². The third-order valence-electron chi connectivity index (χ3n) is 1.83. The molecule has 0 bridgehead atoms. The molecule has 0 saturated heterocycles. The molecule has 5 heteroatoms. The number of hydrogen-bond donors (Lipinski definition) is 1. The van der Waals surface area contributed by atoms with Gasteiger partial charge >= 0.3 is 11.9 Å². The molecular formula is C12H13ClO4. The minimum absolute atomic E-state index is 0.0147. The third-order valence-corrected chi connectivity index (χ3v) is 2.15. The summed E-state index contributed by atoms with van der Waals surface area (Å²) < 4.78 is 5.13. The summed E-state index contributed by atoms with van der Waals surface area (Å²) in [7, 11) is 0. The summed E-state index contributed by atoms with van der Waals surface area (Å²) in [6.45, 7) is 5.24. The zero-order valence-corrected chi connectivity index (χ0v) is 10.5. The number of halogens is 1. The zero-order chi connectivity index (χ0) is 13.2. The second kappa shape index (κ2) is 4.75. The number of aromatic carboxylic acids is 1. The summed E-state index contributed by atoms with van der Waals surface area (Å²) in [5, 5.41) is 8.80. The summed E-state index contributed by atoms with van der Waals surface area (Å²) in [5.74, 6) is -1.66. The van der Waals surface area contributed by atoms with Crippen molar-refractivity contribution in [2.24, 2.45) is 0 Å². The van der Waals surface area contributed by atoms with Crippen molar-refractivity contribution in [2.45, 2.75) is 26.4 Å². The molecule has 1 aromatic rings. The van der Waals surface area contributed by atoms with Crippen LogP contribution in [0.25, 0.3) is 0 Å². The average molecular weight is 257 g/mol. The zero-order valence-electron chi connectivity index (χ0n) is 9.78. The molecule has 0 aromatic heterocycles. The molecule has 0 saturated carbocycles. The molecule has 0 aliphatic heterocycles. The number of benzene rings is 1. The van der Waals surface area contributed by atoms with Gasteiger partial charge in [0.1, 0.15) is 5.60 Å². The van der Waals surface area contributed by atoms with E-state index < -0.39 is 17.5 Å². The van der Waals surface area contributed by atoms with Crippen LogP contribution in [-0.2, 0) is 4.74 Å². The number of esters is 1. The maximum atomic E-state index is 11.7. The van der Waals surface area contributed by atoms with Gasteiger partial charge in [0.15, 0.2) is 0 Å². The second-order valence-electron chi connectivity index (χ2n) is 4.50. The average Bonchev–Trinajstić information content (AvgIpc) is 2.14. The highest BCUT2D eigenvalue weighted by Gasteiger charge is 2.19. The Morgan fingerprint density at radius 1 is 1.29 bits per heavy atom. The first-order chi connectivity index (χ1) is 7.70. The van der Waals surface area contributed by atoms with Gasteiger partial charge in [0, 0.05) is 0 Å². The largest absolute Gasteiger partial charge is 0.478 e. The van der Waals surface area contributed by atoms with E-state index in [-0.39, 0.29) is 16.1 Å². The molecule has 0 amide bonds.